The van der Waals surface area contributed by atoms with Crippen LogP contribution in [0.4, 0.5) is 0 Å². The number of hydrogen-bond acceptors (Lipinski definition) is 5. The first-order valence-electron chi connectivity index (χ1n) is 7.74. The number of nitrogens with zero attached hydrogens (tertiary/aromatic N) is 2. The molecule has 1 aliphatic rings. The third-order valence-electron chi connectivity index (χ3n) is 4.11. The van der Waals surface area contributed by atoms with Gasteiger partial charge in [0, 0.05) is 26.1 Å². The van der Waals surface area contributed by atoms with Crippen molar-refractivity contribution in [2.24, 2.45) is 5.41 Å². The molecule has 0 spiro atoms. The molecule has 1 N–H and O–H groups in total. The fraction of sp³-hybridized carbons (Fsp3) is 0.800. The van der Waals surface area contributed by atoms with Gasteiger partial charge < -0.3 is 14.3 Å². The van der Waals surface area contributed by atoms with Gasteiger partial charge in [0.05, 0.1) is 6.42 Å². The Labute approximate surface area is 124 Å². The molecule has 1 fully saturated rings. The van der Waals surface area contributed by atoms with E-state index < -0.39 is 5.97 Å². The smallest absolute Gasteiger partial charge is 0.303 e. The minimum absolute atomic E-state index is 0.190. The van der Waals surface area contributed by atoms with Gasteiger partial charge in [-0.05, 0) is 31.6 Å². The highest BCUT2D eigenvalue weighted by Crippen LogP contribution is 2.43. The molecule has 0 saturated heterocycles. The van der Waals surface area contributed by atoms with Gasteiger partial charge in [-0.15, -0.1) is 10.2 Å². The second-order valence-electron chi connectivity index (χ2n) is 5.84. The summed E-state index contributed by atoms with van der Waals surface area (Å²) in [6.07, 6.45) is 6.37. The first-order chi connectivity index (χ1) is 10.1. The lowest BCUT2D eigenvalue weighted by Gasteiger charge is -2.24. The number of aromatic nitrogens is 2. The molecule has 0 aromatic carbocycles. The van der Waals surface area contributed by atoms with Crippen molar-refractivity contribution in [1.82, 2.24) is 10.2 Å². The van der Waals surface area contributed by atoms with Gasteiger partial charge in [0.15, 0.2) is 0 Å². The molecular weight excluding hydrogens is 272 g/mol. The van der Waals surface area contributed by atoms with Gasteiger partial charge in [0.25, 0.3) is 0 Å². The Morgan fingerprint density at radius 2 is 2.05 bits per heavy atom. The SMILES string of the molecule is CCOCCCc1nnc(CC2(CC(=O)O)CCCC2)o1. The number of carbonyl (C=O) groups is 1. The lowest BCUT2D eigenvalue weighted by molar-refractivity contribution is -0.139. The van der Waals surface area contributed by atoms with Crippen LogP contribution in [0, 0.1) is 5.41 Å². The van der Waals surface area contributed by atoms with Crippen molar-refractivity contribution in [1.29, 1.82) is 0 Å². The topological polar surface area (TPSA) is 85.5 Å². The average Bonchev–Trinajstić information content (AvgIpc) is 3.05. The number of aryl methyl sites for hydroxylation is 1. The predicted octanol–water partition coefficient (Wildman–Crippen LogP) is 2.62. The summed E-state index contributed by atoms with van der Waals surface area (Å²) < 4.78 is 10.9. The zero-order chi connectivity index (χ0) is 15.1. The van der Waals surface area contributed by atoms with Gasteiger partial charge in [0.2, 0.25) is 11.8 Å². The third kappa shape index (κ3) is 4.81. The summed E-state index contributed by atoms with van der Waals surface area (Å²) in [5, 5.41) is 17.2. The Bertz CT molecular complexity index is 452. The standard InChI is InChI=1S/C15H24N2O4/c1-2-20-9-5-6-12-16-17-13(21-12)10-15(11-14(18)19)7-3-4-8-15/h2-11H2,1H3,(H,18,19). The van der Waals surface area contributed by atoms with Crippen LogP contribution in [0.25, 0.3) is 0 Å². The Kier molecular flexibility index (Phi) is 5.73. The Balaban J connectivity index is 1.89. The Morgan fingerprint density at radius 1 is 1.33 bits per heavy atom. The monoisotopic (exact) mass is 296 g/mol. The van der Waals surface area contributed by atoms with E-state index in [9.17, 15) is 4.79 Å². The first-order valence-corrected chi connectivity index (χ1v) is 7.74. The number of ether oxygens (including phenoxy) is 1. The summed E-state index contributed by atoms with van der Waals surface area (Å²) in [6.45, 7) is 3.37. The number of carboxylic acids is 1. The molecule has 1 heterocycles. The molecule has 0 radical (unpaired) electrons. The van der Waals surface area contributed by atoms with E-state index in [2.05, 4.69) is 10.2 Å². The van der Waals surface area contributed by atoms with Crippen molar-refractivity contribution in [2.45, 2.75) is 58.3 Å². The van der Waals surface area contributed by atoms with Crippen molar-refractivity contribution in [3.63, 3.8) is 0 Å². The minimum Gasteiger partial charge on any atom is -0.481 e. The molecule has 0 atom stereocenters. The molecular formula is C15H24N2O4. The molecule has 6 nitrogen and oxygen atoms in total. The highest BCUT2D eigenvalue weighted by molar-refractivity contribution is 5.67. The van der Waals surface area contributed by atoms with Crippen molar-refractivity contribution in [2.75, 3.05) is 13.2 Å². The first kappa shape index (κ1) is 15.9. The van der Waals surface area contributed by atoms with Crippen molar-refractivity contribution in [3.8, 4) is 0 Å². The van der Waals surface area contributed by atoms with E-state index in [4.69, 9.17) is 14.3 Å². The highest BCUT2D eigenvalue weighted by atomic mass is 16.5. The Hall–Kier alpha value is -1.43. The zero-order valence-electron chi connectivity index (χ0n) is 12.6. The molecule has 1 aromatic heterocycles. The normalized spacial score (nSPS) is 17.2. The van der Waals surface area contributed by atoms with Gasteiger partial charge in [-0.3, -0.25) is 4.79 Å². The molecule has 0 unspecified atom stereocenters. The molecule has 2 rings (SSSR count). The molecule has 1 saturated carbocycles. The van der Waals surface area contributed by atoms with E-state index in [1.54, 1.807) is 0 Å². The number of carboxylic acid groups (broad SMARTS) is 1. The van der Waals surface area contributed by atoms with E-state index >= 15 is 0 Å². The summed E-state index contributed by atoms with van der Waals surface area (Å²) in [4.78, 5) is 11.1. The van der Waals surface area contributed by atoms with Crippen LogP contribution in [0.1, 0.15) is 57.2 Å². The van der Waals surface area contributed by atoms with Gasteiger partial charge in [-0.2, -0.15) is 0 Å². The maximum atomic E-state index is 11.1. The average molecular weight is 296 g/mol. The second kappa shape index (κ2) is 7.54. The summed E-state index contributed by atoms with van der Waals surface area (Å²) in [6, 6.07) is 0. The molecule has 6 heteroatoms. The van der Waals surface area contributed by atoms with Crippen LogP contribution in [0.5, 0.6) is 0 Å². The third-order valence-corrected chi connectivity index (χ3v) is 4.11. The molecule has 21 heavy (non-hydrogen) atoms. The highest BCUT2D eigenvalue weighted by Gasteiger charge is 2.37. The largest absolute Gasteiger partial charge is 0.481 e. The summed E-state index contributed by atoms with van der Waals surface area (Å²) in [5.74, 6) is 0.450. The summed E-state index contributed by atoms with van der Waals surface area (Å²) >= 11 is 0. The van der Waals surface area contributed by atoms with Crippen LogP contribution in [0.15, 0.2) is 4.42 Å². The van der Waals surface area contributed by atoms with E-state index in [1.807, 2.05) is 6.92 Å². The van der Waals surface area contributed by atoms with Gasteiger partial charge in [-0.1, -0.05) is 12.8 Å². The second-order valence-corrected chi connectivity index (χ2v) is 5.84. The number of aliphatic carboxylic acids is 1. The quantitative estimate of drug-likeness (QED) is 0.705. The van der Waals surface area contributed by atoms with E-state index in [-0.39, 0.29) is 11.8 Å². The molecule has 0 aliphatic heterocycles. The molecule has 1 aliphatic carbocycles. The maximum absolute atomic E-state index is 11.1. The van der Waals surface area contributed by atoms with Crippen LogP contribution >= 0.6 is 0 Å². The van der Waals surface area contributed by atoms with Gasteiger partial charge >= 0.3 is 5.97 Å². The number of hydrogen-bond donors (Lipinski definition) is 1. The lowest BCUT2D eigenvalue weighted by atomic mass is 9.79. The maximum Gasteiger partial charge on any atom is 0.303 e. The molecule has 118 valence electrons. The van der Waals surface area contributed by atoms with Crippen LogP contribution < -0.4 is 0 Å². The van der Waals surface area contributed by atoms with Crippen LogP contribution in [0.2, 0.25) is 0 Å². The van der Waals surface area contributed by atoms with Gasteiger partial charge in [0.1, 0.15) is 0 Å². The lowest BCUT2D eigenvalue weighted by Crippen LogP contribution is -2.24. The van der Waals surface area contributed by atoms with Crippen molar-refractivity contribution >= 4 is 5.97 Å². The van der Waals surface area contributed by atoms with E-state index in [0.29, 0.717) is 37.8 Å². The van der Waals surface area contributed by atoms with Crippen molar-refractivity contribution in [3.05, 3.63) is 11.8 Å². The Morgan fingerprint density at radius 3 is 2.71 bits per heavy atom. The zero-order valence-corrected chi connectivity index (χ0v) is 12.6. The minimum atomic E-state index is -0.742. The van der Waals surface area contributed by atoms with Crippen LogP contribution in [-0.2, 0) is 22.4 Å². The summed E-state index contributed by atoms with van der Waals surface area (Å²) in [7, 11) is 0. The van der Waals surface area contributed by atoms with E-state index in [1.165, 1.54) is 0 Å². The van der Waals surface area contributed by atoms with E-state index in [0.717, 1.165) is 32.1 Å². The molecule has 1 aromatic rings. The molecule has 0 bridgehead atoms. The fourth-order valence-electron chi connectivity index (χ4n) is 3.11. The predicted molar refractivity (Wildman–Crippen MR) is 76.0 cm³/mol. The number of rotatable bonds is 9. The molecule has 0 amide bonds. The van der Waals surface area contributed by atoms with Crippen LogP contribution in [-0.4, -0.2) is 34.5 Å². The van der Waals surface area contributed by atoms with Crippen LogP contribution in [0.3, 0.4) is 0 Å². The van der Waals surface area contributed by atoms with Crippen molar-refractivity contribution < 1.29 is 19.1 Å². The fourth-order valence-corrected chi connectivity index (χ4v) is 3.11. The summed E-state index contributed by atoms with van der Waals surface area (Å²) in [5.41, 5.74) is -0.193. The van der Waals surface area contributed by atoms with Gasteiger partial charge in [-0.25, -0.2) is 0 Å².